The second-order valence-corrected chi connectivity index (χ2v) is 9.17. The summed E-state index contributed by atoms with van der Waals surface area (Å²) in [7, 11) is 0. The van der Waals surface area contributed by atoms with Gasteiger partial charge in [0.25, 0.3) is 5.91 Å². The summed E-state index contributed by atoms with van der Waals surface area (Å²) in [5.41, 5.74) is 0.128. The van der Waals surface area contributed by atoms with Gasteiger partial charge in [0.15, 0.2) is 6.10 Å². The summed E-state index contributed by atoms with van der Waals surface area (Å²) in [6, 6.07) is 3.48. The third kappa shape index (κ3) is 5.66. The number of rotatable bonds is 6. The summed E-state index contributed by atoms with van der Waals surface area (Å²) in [5.74, 6) is -0.666. The van der Waals surface area contributed by atoms with Crippen LogP contribution in [0.4, 0.5) is 10.8 Å². The van der Waals surface area contributed by atoms with E-state index >= 15 is 0 Å². The number of esters is 1. The van der Waals surface area contributed by atoms with Crippen molar-refractivity contribution in [3.05, 3.63) is 28.8 Å². The van der Waals surface area contributed by atoms with Crippen molar-refractivity contribution in [1.82, 2.24) is 9.78 Å². The summed E-state index contributed by atoms with van der Waals surface area (Å²) in [5, 5.41) is 10.2. The number of carbonyl (C=O) groups is 3. The molecule has 1 atom stereocenters. The maximum absolute atomic E-state index is 12.5. The second-order valence-electron chi connectivity index (χ2n) is 8.12. The van der Waals surface area contributed by atoms with Crippen molar-refractivity contribution in [2.45, 2.75) is 60.6 Å². The molecular formula is C20H28N4O4S. The van der Waals surface area contributed by atoms with Crippen molar-refractivity contribution >= 4 is 39.9 Å². The van der Waals surface area contributed by atoms with E-state index in [2.05, 4.69) is 15.7 Å². The zero-order chi connectivity index (χ0) is 21.9. The summed E-state index contributed by atoms with van der Waals surface area (Å²) in [6.07, 6.45) is 0.599. The SMILES string of the molecule is Cc1cc(NC(=O)C(C)(C)C)sc1C(=O)OC(C)C(=O)Nc1ccnn1C(C)C. The van der Waals surface area contributed by atoms with Gasteiger partial charge in [-0.2, -0.15) is 5.10 Å². The first kappa shape index (κ1) is 22.6. The van der Waals surface area contributed by atoms with E-state index in [0.717, 1.165) is 11.3 Å². The van der Waals surface area contributed by atoms with E-state index in [1.807, 2.05) is 34.6 Å². The Morgan fingerprint density at radius 2 is 1.83 bits per heavy atom. The zero-order valence-corrected chi connectivity index (χ0v) is 18.6. The molecule has 0 aromatic carbocycles. The molecule has 158 valence electrons. The number of nitrogens with one attached hydrogen (secondary N) is 2. The van der Waals surface area contributed by atoms with E-state index in [4.69, 9.17) is 4.74 Å². The first-order valence-corrected chi connectivity index (χ1v) is 10.2. The predicted molar refractivity (Wildman–Crippen MR) is 113 cm³/mol. The van der Waals surface area contributed by atoms with E-state index in [9.17, 15) is 14.4 Å². The van der Waals surface area contributed by atoms with Crippen LogP contribution in [0, 0.1) is 12.3 Å². The van der Waals surface area contributed by atoms with Crippen molar-refractivity contribution in [1.29, 1.82) is 0 Å². The first-order chi connectivity index (χ1) is 13.4. The highest BCUT2D eigenvalue weighted by atomic mass is 32.1. The molecule has 9 heteroatoms. The quantitative estimate of drug-likeness (QED) is 0.688. The molecule has 2 heterocycles. The normalized spacial score (nSPS) is 12.6. The van der Waals surface area contributed by atoms with Crippen LogP contribution in [0.2, 0.25) is 0 Å². The van der Waals surface area contributed by atoms with Gasteiger partial charge in [0.05, 0.1) is 11.2 Å². The number of nitrogens with zero attached hydrogens (tertiary/aromatic N) is 2. The number of aromatic nitrogens is 2. The molecule has 0 aliphatic heterocycles. The smallest absolute Gasteiger partial charge is 0.349 e. The largest absolute Gasteiger partial charge is 0.448 e. The Bertz CT molecular complexity index is 908. The minimum atomic E-state index is -0.993. The summed E-state index contributed by atoms with van der Waals surface area (Å²) >= 11 is 1.13. The first-order valence-electron chi connectivity index (χ1n) is 9.37. The van der Waals surface area contributed by atoms with Crippen LogP contribution in [0.25, 0.3) is 0 Å². The summed E-state index contributed by atoms with van der Waals surface area (Å²) < 4.78 is 7.00. The van der Waals surface area contributed by atoms with Gasteiger partial charge < -0.3 is 15.4 Å². The lowest BCUT2D eigenvalue weighted by atomic mass is 9.96. The van der Waals surface area contributed by atoms with Gasteiger partial charge >= 0.3 is 5.97 Å². The molecule has 1 unspecified atom stereocenters. The van der Waals surface area contributed by atoms with Gasteiger partial charge in [0, 0.05) is 17.5 Å². The number of ether oxygens (including phenoxy) is 1. The van der Waals surface area contributed by atoms with E-state index in [0.29, 0.717) is 21.3 Å². The highest BCUT2D eigenvalue weighted by molar-refractivity contribution is 7.18. The van der Waals surface area contributed by atoms with E-state index < -0.39 is 23.4 Å². The number of thiophene rings is 1. The fourth-order valence-electron chi connectivity index (χ4n) is 2.37. The van der Waals surface area contributed by atoms with Crippen molar-refractivity contribution in [3.63, 3.8) is 0 Å². The molecule has 0 aliphatic rings. The molecule has 0 aliphatic carbocycles. The molecule has 2 amide bonds. The molecule has 8 nitrogen and oxygen atoms in total. The van der Waals surface area contributed by atoms with Crippen LogP contribution in [0.3, 0.4) is 0 Å². The van der Waals surface area contributed by atoms with Gasteiger partial charge in [-0.05, 0) is 39.3 Å². The Morgan fingerprint density at radius 1 is 1.17 bits per heavy atom. The Morgan fingerprint density at radius 3 is 2.41 bits per heavy atom. The minimum absolute atomic E-state index is 0.0775. The van der Waals surface area contributed by atoms with Gasteiger partial charge in [-0.3, -0.25) is 9.59 Å². The van der Waals surface area contributed by atoms with Gasteiger partial charge in [-0.25, -0.2) is 9.48 Å². The topological polar surface area (TPSA) is 102 Å². The van der Waals surface area contributed by atoms with Crippen LogP contribution >= 0.6 is 11.3 Å². The van der Waals surface area contributed by atoms with Crippen LogP contribution in [-0.2, 0) is 14.3 Å². The molecule has 2 aromatic rings. The van der Waals surface area contributed by atoms with E-state index in [1.54, 1.807) is 29.9 Å². The summed E-state index contributed by atoms with van der Waals surface area (Å²) in [6.45, 7) is 12.6. The van der Waals surface area contributed by atoms with Gasteiger partial charge in [0.2, 0.25) is 5.91 Å². The van der Waals surface area contributed by atoms with Crippen LogP contribution in [-0.4, -0.2) is 33.7 Å². The number of anilines is 2. The van der Waals surface area contributed by atoms with Crippen LogP contribution in [0.15, 0.2) is 18.3 Å². The Kier molecular flexibility index (Phi) is 6.84. The fourth-order valence-corrected chi connectivity index (χ4v) is 3.32. The Balaban J connectivity index is 2.03. The Hall–Kier alpha value is -2.68. The lowest BCUT2D eigenvalue weighted by Gasteiger charge is -2.16. The highest BCUT2D eigenvalue weighted by Gasteiger charge is 2.25. The standard InChI is InChI=1S/C20H28N4O4S/c1-11(2)24-14(8-9-21-24)22-17(25)13(4)28-18(26)16-12(3)10-15(29-16)23-19(27)20(5,6)7/h8-11,13H,1-7H3,(H,22,25)(H,23,27). The van der Waals surface area contributed by atoms with Crippen LogP contribution in [0.1, 0.15) is 62.8 Å². The number of aryl methyl sites for hydroxylation is 1. The van der Waals surface area contributed by atoms with Crippen molar-refractivity contribution < 1.29 is 19.1 Å². The van der Waals surface area contributed by atoms with E-state index in [1.165, 1.54) is 6.92 Å². The average Bonchev–Trinajstić information content (AvgIpc) is 3.20. The molecule has 0 spiro atoms. The van der Waals surface area contributed by atoms with Crippen molar-refractivity contribution in [2.24, 2.45) is 5.41 Å². The summed E-state index contributed by atoms with van der Waals surface area (Å²) in [4.78, 5) is 37.4. The maximum atomic E-state index is 12.5. The van der Waals surface area contributed by atoms with Gasteiger partial charge in [0.1, 0.15) is 10.7 Å². The number of hydrogen-bond acceptors (Lipinski definition) is 6. The highest BCUT2D eigenvalue weighted by Crippen LogP contribution is 2.29. The molecule has 0 saturated carbocycles. The maximum Gasteiger partial charge on any atom is 0.349 e. The van der Waals surface area contributed by atoms with Crippen molar-refractivity contribution in [2.75, 3.05) is 10.6 Å². The lowest BCUT2D eigenvalue weighted by molar-refractivity contribution is -0.124. The molecule has 2 N–H and O–H groups in total. The lowest BCUT2D eigenvalue weighted by Crippen LogP contribution is -2.31. The third-order valence-electron chi connectivity index (χ3n) is 4.08. The molecular weight excluding hydrogens is 392 g/mol. The molecule has 2 rings (SSSR count). The van der Waals surface area contributed by atoms with Gasteiger partial charge in [-0.1, -0.05) is 20.8 Å². The van der Waals surface area contributed by atoms with E-state index in [-0.39, 0.29) is 11.9 Å². The number of amides is 2. The molecule has 0 radical (unpaired) electrons. The molecule has 0 saturated heterocycles. The molecule has 0 fully saturated rings. The van der Waals surface area contributed by atoms with Gasteiger partial charge in [-0.15, -0.1) is 11.3 Å². The number of hydrogen-bond donors (Lipinski definition) is 2. The number of carbonyl (C=O) groups excluding carboxylic acids is 3. The molecule has 29 heavy (non-hydrogen) atoms. The minimum Gasteiger partial charge on any atom is -0.448 e. The molecule has 0 bridgehead atoms. The van der Waals surface area contributed by atoms with Crippen LogP contribution in [0.5, 0.6) is 0 Å². The molecule has 2 aromatic heterocycles. The monoisotopic (exact) mass is 420 g/mol. The van der Waals surface area contributed by atoms with Crippen LogP contribution < -0.4 is 10.6 Å². The fraction of sp³-hybridized carbons (Fsp3) is 0.500. The predicted octanol–water partition coefficient (Wildman–Crippen LogP) is 4.00. The zero-order valence-electron chi connectivity index (χ0n) is 17.8. The average molecular weight is 421 g/mol. The Labute approximate surface area is 174 Å². The third-order valence-corrected chi connectivity index (χ3v) is 5.22. The van der Waals surface area contributed by atoms with Crippen molar-refractivity contribution in [3.8, 4) is 0 Å². The second kappa shape index (κ2) is 8.77.